The van der Waals surface area contributed by atoms with E-state index in [4.69, 9.17) is 5.73 Å². The minimum Gasteiger partial charge on any atom is -1.00 e. The molecule has 6 atom stereocenters. The van der Waals surface area contributed by atoms with Crippen molar-refractivity contribution in [3.8, 4) is 6.07 Å². The van der Waals surface area contributed by atoms with Crippen LogP contribution in [-0.4, -0.2) is 94.5 Å². The van der Waals surface area contributed by atoms with Crippen LogP contribution in [-0.2, 0) is 31.6 Å². The average Bonchev–Trinajstić information content (AvgIpc) is 3.68. The SMILES string of the molecule is CC(C)N(C(C)C)S(=O)(=O)CC12CCC(CC1(CN)SCc1ccccc1)C2(C)C.CC(C)N(C(C)C)S(=O)(=O)CC12CCC(C[C@]1(C#N)SCc1ccccc1)C2(C)C.[AlH3].[H-].[Li+]. The molecule has 62 heavy (non-hydrogen) atoms. The molecule has 0 aromatic heterocycles. The fraction of sp³-hybridized carbons (Fsp3) is 0.729. The van der Waals surface area contributed by atoms with Crippen LogP contribution in [0.2, 0.25) is 0 Å². The van der Waals surface area contributed by atoms with Gasteiger partial charge in [-0.2, -0.15) is 13.9 Å². The Kier molecular flexibility index (Phi) is 18.8. The van der Waals surface area contributed by atoms with Gasteiger partial charge in [0.15, 0.2) is 17.4 Å². The zero-order valence-electron chi connectivity index (χ0n) is 40.7. The van der Waals surface area contributed by atoms with Crippen LogP contribution >= 0.6 is 23.5 Å². The second kappa shape index (κ2) is 20.8. The van der Waals surface area contributed by atoms with Crippen LogP contribution in [0.15, 0.2) is 60.7 Å². The average molecular weight is 939 g/mol. The standard InChI is InChI=1S/C24H40N2O2S2.C24H36N2O2S2.Al.Li.4H/c2*1-18(2)26(19(3)4)30(27,28)17-23-13-12-21(22(23,5)6)14-24(23,16-25)29-15-20-10-8-7-9-11-20;;;;;;/h7-11,18-19,21H,12-17,25H2,1-6H3;7-11,18-19,21H,12-15,17H2,1-6H3;;;;;;/q;;;+1;;;;-1/t;21?,23?,24-;;;;;;/m.1....../s1. The first-order valence-electron chi connectivity index (χ1n) is 22.3. The molecule has 2 aromatic rings. The minimum absolute atomic E-state index is 0. The van der Waals surface area contributed by atoms with Crippen LogP contribution in [0.4, 0.5) is 0 Å². The topological polar surface area (TPSA) is 125 Å². The van der Waals surface area contributed by atoms with Gasteiger partial charge in [0, 0.05) is 57.8 Å². The van der Waals surface area contributed by atoms with Gasteiger partial charge in [0.1, 0.15) is 4.75 Å². The van der Waals surface area contributed by atoms with E-state index < -0.39 is 30.2 Å². The fourth-order valence-electron chi connectivity index (χ4n) is 12.9. The Bertz CT molecular complexity index is 2040. The zero-order chi connectivity index (χ0) is 44.7. The fourth-order valence-corrected chi connectivity index (χ4v) is 22.2. The van der Waals surface area contributed by atoms with E-state index in [9.17, 15) is 22.1 Å². The van der Waals surface area contributed by atoms with Crippen LogP contribution < -0.4 is 24.6 Å². The first-order valence-corrected chi connectivity index (χ1v) is 27.5. The molecule has 0 spiro atoms. The Morgan fingerprint density at radius 1 is 0.677 bits per heavy atom. The van der Waals surface area contributed by atoms with Gasteiger partial charge >= 0.3 is 18.9 Å². The molecule has 4 bridgehead atoms. The van der Waals surface area contributed by atoms with E-state index >= 15 is 0 Å². The molecule has 5 unspecified atom stereocenters. The van der Waals surface area contributed by atoms with E-state index in [0.717, 1.165) is 50.0 Å². The zero-order valence-corrected chi connectivity index (χ0v) is 43.0. The molecule has 0 amide bonds. The molecule has 4 aliphatic carbocycles. The summed E-state index contributed by atoms with van der Waals surface area (Å²) < 4.78 is 57.5. The summed E-state index contributed by atoms with van der Waals surface area (Å²) in [4.78, 5) is 0. The van der Waals surface area contributed by atoms with Crippen molar-refractivity contribution >= 4 is 60.9 Å². The number of benzene rings is 2. The molecule has 0 aliphatic heterocycles. The van der Waals surface area contributed by atoms with Gasteiger partial charge in [0.25, 0.3) is 0 Å². The molecule has 0 heterocycles. The second-order valence-electron chi connectivity index (χ2n) is 20.7. The van der Waals surface area contributed by atoms with Crippen LogP contribution in [0.3, 0.4) is 0 Å². The molecular weight excluding hydrogens is 859 g/mol. The molecule has 2 aromatic carbocycles. The van der Waals surface area contributed by atoms with Crippen molar-refractivity contribution in [1.29, 1.82) is 5.26 Å². The molecule has 4 aliphatic rings. The van der Waals surface area contributed by atoms with Gasteiger partial charge in [-0.3, -0.25) is 0 Å². The van der Waals surface area contributed by atoms with Gasteiger partial charge in [-0.1, -0.05) is 88.4 Å². The summed E-state index contributed by atoms with van der Waals surface area (Å²) in [6.45, 7) is 25.2. The summed E-state index contributed by atoms with van der Waals surface area (Å²) in [5.41, 5.74) is 7.90. The number of nitrogens with two attached hydrogens (primary N) is 1. The molecule has 6 rings (SSSR count). The Morgan fingerprint density at radius 2 is 1.05 bits per heavy atom. The van der Waals surface area contributed by atoms with Crippen molar-refractivity contribution in [3.63, 3.8) is 0 Å². The summed E-state index contributed by atoms with van der Waals surface area (Å²) >= 11 is 3.58. The van der Waals surface area contributed by atoms with Crippen LogP contribution in [0.5, 0.6) is 0 Å². The Hall–Kier alpha value is -0.460. The summed E-state index contributed by atoms with van der Waals surface area (Å²) in [7, 11) is -6.93. The first kappa shape index (κ1) is 55.9. The maximum Gasteiger partial charge on any atom is 1.00 e. The molecule has 0 saturated heterocycles. The van der Waals surface area contributed by atoms with E-state index in [2.05, 4.69) is 70.2 Å². The van der Waals surface area contributed by atoms with Crippen molar-refractivity contribution in [2.24, 2.45) is 39.2 Å². The first-order chi connectivity index (χ1) is 27.8. The van der Waals surface area contributed by atoms with Crippen LogP contribution in [0.25, 0.3) is 0 Å². The summed E-state index contributed by atoms with van der Waals surface area (Å²) in [5.74, 6) is 2.81. The largest absolute Gasteiger partial charge is 1.00 e. The van der Waals surface area contributed by atoms with Gasteiger partial charge in [-0.15, -0.1) is 23.5 Å². The molecule has 0 radical (unpaired) electrons. The smallest absolute Gasteiger partial charge is 1.00 e. The molecule has 8 nitrogen and oxygen atoms in total. The quantitative estimate of drug-likeness (QED) is 0.184. The van der Waals surface area contributed by atoms with E-state index in [1.165, 1.54) is 11.1 Å². The van der Waals surface area contributed by atoms with Gasteiger partial charge < -0.3 is 7.16 Å². The minimum atomic E-state index is -3.51. The third-order valence-corrected chi connectivity index (χ3v) is 23.9. The molecular formula is C48H80AlLiN4O4S4. The van der Waals surface area contributed by atoms with E-state index in [-0.39, 0.29) is 94.3 Å². The number of hydrogen-bond donors (Lipinski definition) is 1. The number of nitrogens with zero attached hydrogens (tertiary/aromatic N) is 3. The summed E-state index contributed by atoms with van der Waals surface area (Å²) in [6, 6.07) is 23.1. The van der Waals surface area contributed by atoms with Crippen molar-refractivity contribution in [2.75, 3.05) is 18.1 Å². The Labute approximate surface area is 410 Å². The Morgan fingerprint density at radius 3 is 1.42 bits per heavy atom. The number of hydrogen-bond acceptors (Lipinski definition) is 8. The Balaban J connectivity index is 0.000000414. The maximum atomic E-state index is 13.8. The predicted octanol–water partition coefficient (Wildman–Crippen LogP) is 6.28. The number of sulfonamides is 2. The van der Waals surface area contributed by atoms with Crippen molar-refractivity contribution in [1.82, 2.24) is 8.61 Å². The molecule has 2 N–H and O–H groups in total. The van der Waals surface area contributed by atoms with Crippen molar-refractivity contribution in [2.45, 2.75) is 167 Å². The maximum absolute atomic E-state index is 13.8. The summed E-state index contributed by atoms with van der Waals surface area (Å²) in [5, 5.41) is 10.5. The number of nitriles is 1. The second-order valence-corrected chi connectivity index (χ2v) is 27.1. The van der Waals surface area contributed by atoms with E-state index in [0.29, 0.717) is 18.4 Å². The van der Waals surface area contributed by atoms with Crippen LogP contribution in [0.1, 0.15) is 134 Å². The van der Waals surface area contributed by atoms with Crippen LogP contribution in [0, 0.1) is 44.8 Å². The third-order valence-electron chi connectivity index (χ3n) is 15.8. The molecule has 14 heteroatoms. The predicted molar refractivity (Wildman–Crippen MR) is 266 cm³/mol. The number of rotatable bonds is 17. The van der Waals surface area contributed by atoms with Crippen molar-refractivity contribution < 1.29 is 37.1 Å². The normalized spacial score (nSPS) is 29.5. The third kappa shape index (κ3) is 9.90. The van der Waals surface area contributed by atoms with Gasteiger partial charge in [-0.05, 0) is 128 Å². The monoisotopic (exact) mass is 939 g/mol. The van der Waals surface area contributed by atoms with Gasteiger partial charge in [0.05, 0.1) is 17.6 Å². The number of thioether (sulfide) groups is 2. The molecule has 4 fully saturated rings. The van der Waals surface area contributed by atoms with E-state index in [1.807, 2.05) is 91.4 Å². The molecule has 344 valence electrons. The number of fused-ring (bicyclic) bond motifs is 4. The van der Waals surface area contributed by atoms with E-state index in [1.54, 1.807) is 20.4 Å². The van der Waals surface area contributed by atoms with Gasteiger partial charge in [-0.25, -0.2) is 16.8 Å². The molecule has 4 saturated carbocycles. The summed E-state index contributed by atoms with van der Waals surface area (Å²) in [6.07, 6.45) is 5.69. The van der Waals surface area contributed by atoms with Crippen molar-refractivity contribution in [3.05, 3.63) is 71.8 Å². The van der Waals surface area contributed by atoms with Gasteiger partial charge in [0.2, 0.25) is 20.0 Å².